The summed E-state index contributed by atoms with van der Waals surface area (Å²) in [4.78, 5) is 10.8. The predicted molar refractivity (Wildman–Crippen MR) is 58.3 cm³/mol. The maximum Gasteiger partial charge on any atom is 0.319 e. The summed E-state index contributed by atoms with van der Waals surface area (Å²) in [5.41, 5.74) is 0. The molecule has 1 saturated heterocycles. The van der Waals surface area contributed by atoms with Crippen LogP contribution in [-0.4, -0.2) is 38.5 Å². The zero-order chi connectivity index (χ0) is 11.4. The molecule has 1 N–H and O–H groups in total. The number of hydrogen-bond donors (Lipinski definition) is 1. The van der Waals surface area contributed by atoms with Crippen LogP contribution in [0.25, 0.3) is 0 Å². The third kappa shape index (κ3) is 3.57. The fraction of sp³-hybridized carbons (Fsp3) is 0.900. The fourth-order valence-corrected chi connectivity index (χ4v) is 3.22. The van der Waals surface area contributed by atoms with Gasteiger partial charge in [0.05, 0.1) is 18.0 Å². The average Bonchev–Trinajstić information content (AvgIpc) is 2.51. The van der Waals surface area contributed by atoms with E-state index in [1.807, 2.05) is 6.92 Å². The van der Waals surface area contributed by atoms with E-state index >= 15 is 0 Å². The Morgan fingerprint density at radius 2 is 2.27 bits per heavy atom. The van der Waals surface area contributed by atoms with Crippen molar-refractivity contribution < 1.29 is 18.8 Å². The van der Waals surface area contributed by atoms with Gasteiger partial charge in [-0.1, -0.05) is 6.92 Å². The summed E-state index contributed by atoms with van der Waals surface area (Å²) in [5.74, 6) is -0.614. The minimum absolute atomic E-state index is 0.0192. The van der Waals surface area contributed by atoms with E-state index in [0.29, 0.717) is 12.2 Å². The smallest absolute Gasteiger partial charge is 0.319 e. The Hall–Kier alpha value is -0.420. The summed E-state index contributed by atoms with van der Waals surface area (Å²) in [6.07, 6.45) is 2.48. The molecule has 1 rings (SSSR count). The van der Waals surface area contributed by atoms with Crippen molar-refractivity contribution in [3.63, 3.8) is 0 Å². The summed E-state index contributed by atoms with van der Waals surface area (Å²) in [6, 6.07) is 0. The van der Waals surface area contributed by atoms with Crippen molar-refractivity contribution >= 4 is 16.8 Å². The molecule has 0 aromatic carbocycles. The lowest BCUT2D eigenvalue weighted by molar-refractivity contribution is -0.136. The Balaban J connectivity index is 2.43. The van der Waals surface area contributed by atoms with Crippen LogP contribution in [0.15, 0.2) is 0 Å². The quantitative estimate of drug-likeness (QED) is 0.775. The Morgan fingerprint density at radius 3 is 2.67 bits per heavy atom. The van der Waals surface area contributed by atoms with Gasteiger partial charge in [0.2, 0.25) is 0 Å². The molecule has 1 aliphatic heterocycles. The van der Waals surface area contributed by atoms with E-state index in [-0.39, 0.29) is 12.2 Å². The minimum Gasteiger partial charge on any atom is -0.480 e. The number of carboxylic acid groups (broad SMARTS) is 1. The lowest BCUT2D eigenvalue weighted by Gasteiger charge is -2.14. The fourth-order valence-electron chi connectivity index (χ4n) is 1.78. The van der Waals surface area contributed by atoms with Crippen LogP contribution in [0.2, 0.25) is 0 Å². The van der Waals surface area contributed by atoms with E-state index < -0.39 is 22.0 Å². The first-order chi connectivity index (χ1) is 7.04. The van der Waals surface area contributed by atoms with Gasteiger partial charge in [-0.2, -0.15) is 0 Å². The molecule has 1 heterocycles. The summed E-state index contributed by atoms with van der Waals surface area (Å²) in [7, 11) is -1.32. The van der Waals surface area contributed by atoms with Gasteiger partial charge in [0.1, 0.15) is 5.25 Å². The molecule has 0 radical (unpaired) electrons. The number of hydrogen-bond acceptors (Lipinski definition) is 3. The molecule has 15 heavy (non-hydrogen) atoms. The van der Waals surface area contributed by atoms with Crippen molar-refractivity contribution in [3.05, 3.63) is 0 Å². The van der Waals surface area contributed by atoms with Gasteiger partial charge in [-0.25, -0.2) is 0 Å². The highest BCUT2D eigenvalue weighted by atomic mass is 32.2. The lowest BCUT2D eigenvalue weighted by Crippen LogP contribution is -2.30. The Morgan fingerprint density at radius 1 is 1.60 bits per heavy atom. The van der Waals surface area contributed by atoms with Gasteiger partial charge in [-0.05, 0) is 26.2 Å². The molecule has 0 bridgehead atoms. The van der Waals surface area contributed by atoms with Crippen LogP contribution in [0.3, 0.4) is 0 Å². The third-order valence-electron chi connectivity index (χ3n) is 2.63. The topological polar surface area (TPSA) is 63.6 Å². The summed E-state index contributed by atoms with van der Waals surface area (Å²) < 4.78 is 17.2. The van der Waals surface area contributed by atoms with E-state index in [0.717, 1.165) is 12.8 Å². The van der Waals surface area contributed by atoms with Gasteiger partial charge in [-0.15, -0.1) is 0 Å². The Labute approximate surface area is 92.5 Å². The van der Waals surface area contributed by atoms with Crippen LogP contribution < -0.4 is 0 Å². The summed E-state index contributed by atoms with van der Waals surface area (Å²) in [5, 5.41) is 8.09. The van der Waals surface area contributed by atoms with Crippen LogP contribution in [0, 0.1) is 0 Å². The van der Waals surface area contributed by atoms with Crippen LogP contribution in [-0.2, 0) is 20.3 Å². The van der Waals surface area contributed by atoms with E-state index in [9.17, 15) is 9.00 Å². The summed E-state index contributed by atoms with van der Waals surface area (Å²) >= 11 is 0. The third-order valence-corrected chi connectivity index (χ3v) is 4.50. The largest absolute Gasteiger partial charge is 0.480 e. The highest BCUT2D eigenvalue weighted by Crippen LogP contribution is 2.20. The highest BCUT2D eigenvalue weighted by Gasteiger charge is 2.29. The van der Waals surface area contributed by atoms with Crippen LogP contribution >= 0.6 is 0 Å². The molecule has 0 saturated carbocycles. The molecule has 4 nitrogen and oxygen atoms in total. The number of carbonyl (C=O) groups is 1. The van der Waals surface area contributed by atoms with E-state index in [2.05, 4.69) is 0 Å². The zero-order valence-corrected chi connectivity index (χ0v) is 9.96. The van der Waals surface area contributed by atoms with Crippen molar-refractivity contribution in [1.29, 1.82) is 0 Å². The van der Waals surface area contributed by atoms with Crippen molar-refractivity contribution in [2.75, 3.05) is 5.75 Å². The molecule has 5 heteroatoms. The lowest BCUT2D eigenvalue weighted by atomic mass is 10.2. The summed E-state index contributed by atoms with van der Waals surface area (Å²) in [6.45, 7) is 3.73. The van der Waals surface area contributed by atoms with Crippen LogP contribution in [0.4, 0.5) is 0 Å². The number of carboxylic acids is 1. The van der Waals surface area contributed by atoms with Crippen LogP contribution in [0.5, 0.6) is 0 Å². The second-order valence-corrected chi connectivity index (χ2v) is 5.59. The van der Waals surface area contributed by atoms with E-state index in [1.165, 1.54) is 0 Å². The molecule has 0 aromatic heterocycles. The molecule has 4 unspecified atom stereocenters. The first-order valence-electron chi connectivity index (χ1n) is 5.30. The maximum absolute atomic E-state index is 11.7. The molecule has 0 spiro atoms. The monoisotopic (exact) mass is 234 g/mol. The average molecular weight is 234 g/mol. The minimum atomic E-state index is -1.32. The Bertz CT molecular complexity index is 254. The molecule has 88 valence electrons. The maximum atomic E-state index is 11.7. The normalized spacial score (nSPS) is 30.0. The van der Waals surface area contributed by atoms with E-state index in [1.54, 1.807) is 6.92 Å². The van der Waals surface area contributed by atoms with Gasteiger partial charge >= 0.3 is 5.97 Å². The number of ether oxygens (including phenoxy) is 1. The van der Waals surface area contributed by atoms with Gasteiger partial charge in [0.25, 0.3) is 0 Å². The van der Waals surface area contributed by atoms with Crippen molar-refractivity contribution in [1.82, 2.24) is 0 Å². The molecular weight excluding hydrogens is 216 g/mol. The number of aliphatic carboxylic acids is 1. The molecule has 4 atom stereocenters. The molecule has 1 fully saturated rings. The highest BCUT2D eigenvalue weighted by molar-refractivity contribution is 7.86. The SMILES string of the molecule is CCC(C(=O)O)S(=O)CC1CCC(C)O1. The predicted octanol–water partition coefficient (Wildman–Crippen LogP) is 1.17. The first kappa shape index (κ1) is 12.6. The zero-order valence-electron chi connectivity index (χ0n) is 9.14. The van der Waals surface area contributed by atoms with Crippen molar-refractivity contribution in [2.45, 2.75) is 50.6 Å². The number of rotatable bonds is 5. The standard InChI is InChI=1S/C10H18O4S/c1-3-9(10(11)12)15(13)6-8-5-4-7(2)14-8/h7-9H,3-6H2,1-2H3,(H,11,12). The van der Waals surface area contributed by atoms with Gasteiger partial charge < -0.3 is 9.84 Å². The van der Waals surface area contributed by atoms with Crippen molar-refractivity contribution in [2.24, 2.45) is 0 Å². The van der Waals surface area contributed by atoms with Gasteiger partial charge in [0.15, 0.2) is 0 Å². The van der Waals surface area contributed by atoms with Gasteiger partial charge in [0, 0.05) is 10.8 Å². The second kappa shape index (κ2) is 5.61. The van der Waals surface area contributed by atoms with Crippen LogP contribution in [0.1, 0.15) is 33.1 Å². The molecule has 0 amide bonds. The second-order valence-electron chi connectivity index (χ2n) is 3.93. The Kier molecular flexibility index (Phi) is 4.73. The first-order valence-corrected chi connectivity index (χ1v) is 6.68. The van der Waals surface area contributed by atoms with Gasteiger partial charge in [-0.3, -0.25) is 9.00 Å². The van der Waals surface area contributed by atoms with E-state index in [4.69, 9.17) is 9.84 Å². The molecule has 1 aliphatic rings. The van der Waals surface area contributed by atoms with Crippen molar-refractivity contribution in [3.8, 4) is 0 Å². The molecule has 0 aromatic rings. The molecular formula is C10H18O4S. The molecule has 0 aliphatic carbocycles.